The minimum absolute atomic E-state index is 0.155. The van der Waals surface area contributed by atoms with Crippen LogP contribution >= 0.6 is 0 Å². The molecule has 0 spiro atoms. The summed E-state index contributed by atoms with van der Waals surface area (Å²) in [6.45, 7) is -0.214. The predicted octanol–water partition coefficient (Wildman–Crippen LogP) is 2.87. The first-order chi connectivity index (χ1) is 12.1. The van der Waals surface area contributed by atoms with Gasteiger partial charge in [-0.15, -0.1) is 0 Å². The summed E-state index contributed by atoms with van der Waals surface area (Å²) in [6.07, 6.45) is 1.17. The lowest BCUT2D eigenvalue weighted by atomic mass is 10.1. The zero-order valence-electron chi connectivity index (χ0n) is 12.9. The van der Waals surface area contributed by atoms with E-state index in [-0.39, 0.29) is 12.4 Å². The van der Waals surface area contributed by atoms with Crippen LogP contribution in [-0.2, 0) is 4.79 Å². The molecule has 0 atom stereocenters. The van der Waals surface area contributed by atoms with Crippen LogP contribution in [0.4, 0.5) is 5.88 Å². The van der Waals surface area contributed by atoms with Crippen molar-refractivity contribution in [3.05, 3.63) is 70.5 Å². The highest BCUT2D eigenvalue weighted by atomic mass is 16.6. The summed E-state index contributed by atoms with van der Waals surface area (Å²) in [7, 11) is 0. The van der Waals surface area contributed by atoms with Gasteiger partial charge in [0.2, 0.25) is 0 Å². The van der Waals surface area contributed by atoms with E-state index in [9.17, 15) is 14.9 Å². The van der Waals surface area contributed by atoms with Crippen LogP contribution in [0.15, 0.2) is 64.1 Å². The van der Waals surface area contributed by atoms with Gasteiger partial charge in [0.1, 0.15) is 10.7 Å². The minimum atomic E-state index is -0.659. The van der Waals surface area contributed by atoms with Crippen molar-refractivity contribution in [2.45, 2.75) is 0 Å². The van der Waals surface area contributed by atoms with Crippen molar-refractivity contribution < 1.29 is 18.9 Å². The summed E-state index contributed by atoms with van der Waals surface area (Å²) in [5, 5.41) is 16.2. The van der Waals surface area contributed by atoms with E-state index < -0.39 is 16.7 Å². The third-order valence-corrected chi connectivity index (χ3v) is 3.26. The molecule has 3 aromatic rings. The second kappa shape index (κ2) is 7.26. The van der Waals surface area contributed by atoms with E-state index in [0.29, 0.717) is 5.75 Å². The maximum Gasteiger partial charge on any atom is 0.433 e. The zero-order valence-corrected chi connectivity index (χ0v) is 12.9. The molecule has 0 unspecified atom stereocenters. The van der Waals surface area contributed by atoms with Gasteiger partial charge in [0.15, 0.2) is 12.4 Å². The van der Waals surface area contributed by atoms with Gasteiger partial charge < -0.3 is 9.15 Å². The van der Waals surface area contributed by atoms with Gasteiger partial charge in [0, 0.05) is 0 Å². The van der Waals surface area contributed by atoms with Gasteiger partial charge in [0.25, 0.3) is 5.91 Å². The van der Waals surface area contributed by atoms with Gasteiger partial charge in [-0.25, -0.2) is 5.43 Å². The lowest BCUT2D eigenvalue weighted by Crippen LogP contribution is -2.24. The van der Waals surface area contributed by atoms with Crippen molar-refractivity contribution in [3.8, 4) is 5.75 Å². The average Bonchev–Trinajstić information content (AvgIpc) is 3.09. The lowest BCUT2D eigenvalue weighted by molar-refractivity contribution is -0.402. The third kappa shape index (κ3) is 4.20. The van der Waals surface area contributed by atoms with Gasteiger partial charge in [-0.05, 0) is 29.0 Å². The van der Waals surface area contributed by atoms with E-state index in [1.165, 1.54) is 18.3 Å². The average molecular weight is 339 g/mol. The summed E-state index contributed by atoms with van der Waals surface area (Å²) in [5.74, 6) is -0.139. The van der Waals surface area contributed by atoms with Crippen molar-refractivity contribution >= 4 is 28.8 Å². The number of nitro groups is 1. The first-order valence-electron chi connectivity index (χ1n) is 7.29. The molecule has 2 aromatic carbocycles. The summed E-state index contributed by atoms with van der Waals surface area (Å²) >= 11 is 0. The maximum absolute atomic E-state index is 11.7. The Morgan fingerprint density at radius 3 is 2.76 bits per heavy atom. The second-order valence-electron chi connectivity index (χ2n) is 5.02. The highest BCUT2D eigenvalue weighted by Gasteiger charge is 2.10. The molecule has 3 rings (SSSR count). The molecule has 0 aliphatic heterocycles. The largest absolute Gasteiger partial charge is 0.484 e. The van der Waals surface area contributed by atoms with Crippen molar-refractivity contribution in [1.29, 1.82) is 0 Å². The number of fused-ring (bicyclic) bond motifs is 1. The zero-order chi connectivity index (χ0) is 17.6. The fourth-order valence-corrected chi connectivity index (χ4v) is 2.12. The number of hydrazone groups is 1. The molecule has 0 radical (unpaired) electrons. The second-order valence-corrected chi connectivity index (χ2v) is 5.02. The van der Waals surface area contributed by atoms with Crippen LogP contribution in [0.5, 0.6) is 5.75 Å². The van der Waals surface area contributed by atoms with E-state index in [4.69, 9.17) is 9.15 Å². The van der Waals surface area contributed by atoms with Crippen LogP contribution in [-0.4, -0.2) is 23.7 Å². The number of carbonyl (C=O) groups excluding carboxylic acids is 1. The maximum atomic E-state index is 11.7. The molecule has 0 fully saturated rings. The Hall–Kier alpha value is -3.68. The van der Waals surface area contributed by atoms with E-state index >= 15 is 0 Å². The summed E-state index contributed by atoms with van der Waals surface area (Å²) in [4.78, 5) is 21.5. The SMILES string of the molecule is O=C(COc1ccc2ccccc2c1)N/N=C\c1ccc([N+](=O)[O-])o1. The van der Waals surface area contributed by atoms with Crippen molar-refractivity contribution in [2.24, 2.45) is 5.10 Å². The van der Waals surface area contributed by atoms with Gasteiger partial charge >= 0.3 is 5.88 Å². The first kappa shape index (κ1) is 16.2. The molecule has 0 aliphatic carbocycles. The highest BCUT2D eigenvalue weighted by molar-refractivity contribution is 5.84. The predicted molar refractivity (Wildman–Crippen MR) is 90.5 cm³/mol. The summed E-state index contributed by atoms with van der Waals surface area (Å²) in [5.41, 5.74) is 2.25. The minimum Gasteiger partial charge on any atom is -0.484 e. The molecule has 1 N–H and O–H groups in total. The number of carbonyl (C=O) groups is 1. The van der Waals surface area contributed by atoms with Crippen LogP contribution in [0, 0.1) is 10.1 Å². The molecule has 0 saturated heterocycles. The molecule has 126 valence electrons. The number of amides is 1. The Balaban J connectivity index is 1.51. The summed E-state index contributed by atoms with van der Waals surface area (Å²) < 4.78 is 10.3. The number of furan rings is 1. The third-order valence-electron chi connectivity index (χ3n) is 3.26. The highest BCUT2D eigenvalue weighted by Crippen LogP contribution is 2.20. The molecule has 0 saturated carbocycles. The molecule has 0 bridgehead atoms. The Bertz CT molecular complexity index is 948. The number of rotatable bonds is 6. The number of benzene rings is 2. The fourth-order valence-electron chi connectivity index (χ4n) is 2.12. The van der Waals surface area contributed by atoms with Crippen LogP contribution < -0.4 is 10.2 Å². The number of ether oxygens (including phenoxy) is 1. The topological polar surface area (TPSA) is 107 Å². The van der Waals surface area contributed by atoms with E-state index in [2.05, 4.69) is 10.5 Å². The van der Waals surface area contributed by atoms with E-state index in [1.54, 1.807) is 6.07 Å². The molecule has 8 nitrogen and oxygen atoms in total. The van der Waals surface area contributed by atoms with Crippen molar-refractivity contribution in [2.75, 3.05) is 6.61 Å². The first-order valence-corrected chi connectivity index (χ1v) is 7.29. The fraction of sp³-hybridized carbons (Fsp3) is 0.0588. The monoisotopic (exact) mass is 339 g/mol. The normalized spacial score (nSPS) is 10.9. The van der Waals surface area contributed by atoms with Crippen LogP contribution in [0.25, 0.3) is 10.8 Å². The van der Waals surface area contributed by atoms with Crippen molar-refractivity contribution in [1.82, 2.24) is 5.43 Å². The molecule has 25 heavy (non-hydrogen) atoms. The smallest absolute Gasteiger partial charge is 0.433 e. The molecule has 0 aliphatic rings. The summed E-state index contributed by atoms with van der Waals surface area (Å²) in [6, 6.07) is 15.9. The standard InChI is InChI=1S/C17H13N3O5/c21-16(19-18-10-15-7-8-17(25-15)20(22)23)11-24-14-6-5-12-3-1-2-4-13(12)9-14/h1-10H,11H2,(H,19,21)/b18-10-. The number of nitrogens with zero attached hydrogens (tertiary/aromatic N) is 2. The molecular formula is C17H13N3O5. The van der Waals surface area contributed by atoms with Crippen molar-refractivity contribution in [3.63, 3.8) is 0 Å². The quantitative estimate of drug-likeness (QED) is 0.422. The molecule has 1 heterocycles. The Labute approximate surface area is 141 Å². The van der Waals surface area contributed by atoms with Gasteiger partial charge in [0.05, 0.1) is 12.3 Å². The van der Waals surface area contributed by atoms with Gasteiger partial charge in [-0.1, -0.05) is 30.3 Å². The van der Waals surface area contributed by atoms with Crippen LogP contribution in [0.1, 0.15) is 5.76 Å². The number of nitrogens with one attached hydrogen (secondary N) is 1. The Kier molecular flexibility index (Phi) is 4.70. The van der Waals surface area contributed by atoms with Crippen LogP contribution in [0.3, 0.4) is 0 Å². The van der Waals surface area contributed by atoms with E-state index in [0.717, 1.165) is 10.8 Å². The molecule has 1 aromatic heterocycles. The van der Waals surface area contributed by atoms with E-state index in [1.807, 2.05) is 36.4 Å². The van der Waals surface area contributed by atoms with Gasteiger partial charge in [-0.3, -0.25) is 14.9 Å². The molecule has 1 amide bonds. The van der Waals surface area contributed by atoms with Gasteiger partial charge in [-0.2, -0.15) is 5.10 Å². The molecule has 8 heteroatoms. The Morgan fingerprint density at radius 1 is 1.20 bits per heavy atom. The Morgan fingerprint density at radius 2 is 2.00 bits per heavy atom. The van der Waals surface area contributed by atoms with Crippen LogP contribution in [0.2, 0.25) is 0 Å². The lowest BCUT2D eigenvalue weighted by Gasteiger charge is -2.06. The number of hydrogen-bond acceptors (Lipinski definition) is 6. The molecular weight excluding hydrogens is 326 g/mol. The number of hydrogen-bond donors (Lipinski definition) is 1.